The summed E-state index contributed by atoms with van der Waals surface area (Å²) in [5.41, 5.74) is 0. The zero-order valence-corrected chi connectivity index (χ0v) is 4.83. The van der Waals surface area contributed by atoms with Crippen LogP contribution in [-0.4, -0.2) is 33.3 Å². The topological polar surface area (TPSA) is 63.4 Å². The number of rotatable bonds is 0. The number of nitrogens with zero attached hydrogens (tertiary/aromatic N) is 1. The van der Waals surface area contributed by atoms with Gasteiger partial charge < -0.3 is 9.49 Å². The van der Waals surface area contributed by atoms with Gasteiger partial charge in [-0.2, -0.15) is 0 Å². The van der Waals surface area contributed by atoms with Gasteiger partial charge in [0.2, 0.25) is 0 Å². The first-order valence-corrected chi connectivity index (χ1v) is 0.565. The van der Waals surface area contributed by atoms with Gasteiger partial charge in [0, 0.05) is 0 Å². The second-order valence-electron chi connectivity index (χ2n) is 0.238. The molecule has 0 bridgehead atoms. The maximum absolute atomic E-state index is 8.36. The van der Waals surface area contributed by atoms with Crippen molar-refractivity contribution < 1.29 is 33.4 Å². The molecule has 0 unspecified atom stereocenters. The predicted octanol–water partition coefficient (Wildman–Crippen LogP) is -3.39. The SMILES string of the molecule is O=[N+]([O-])O.[H-].[H-].[H-].[Li+].[Mg+2]. The zero-order valence-electron chi connectivity index (χ0n) is 6.42. The van der Waals surface area contributed by atoms with Crippen LogP contribution in [0.1, 0.15) is 4.28 Å². The maximum atomic E-state index is 8.36. The van der Waals surface area contributed by atoms with Gasteiger partial charge in [0.15, 0.2) is 0 Å². The second-order valence-corrected chi connectivity index (χ2v) is 0.238. The average molecular weight is 97.3 g/mol. The fraction of sp³-hybridized carbons (Fsp3) is 0. The fourth-order valence-electron chi connectivity index (χ4n) is 0. The normalized spacial score (nSPS) is 4.00. The van der Waals surface area contributed by atoms with E-state index in [1.54, 1.807) is 0 Å². The molecule has 0 aromatic rings. The average Bonchev–Trinajstić information content (AvgIpc) is 0.811. The molecule has 0 spiro atoms. The van der Waals surface area contributed by atoms with Gasteiger partial charge in [-0.25, -0.2) is 0 Å². The Morgan fingerprint density at radius 2 is 1.83 bits per heavy atom. The van der Waals surface area contributed by atoms with Gasteiger partial charge in [0.1, 0.15) is 0 Å². The van der Waals surface area contributed by atoms with Crippen LogP contribution in [0.4, 0.5) is 0 Å². The van der Waals surface area contributed by atoms with Crippen LogP contribution in [0.5, 0.6) is 0 Å². The van der Waals surface area contributed by atoms with Gasteiger partial charge in [-0.15, -0.1) is 10.1 Å². The van der Waals surface area contributed by atoms with E-state index < -0.39 is 5.09 Å². The molecular formula is H4LiMgNO3. The Labute approximate surface area is 66.8 Å². The van der Waals surface area contributed by atoms with Gasteiger partial charge in [-0.05, 0) is 0 Å². The Hall–Kier alpha value is 0.564. The molecule has 6 heavy (non-hydrogen) atoms. The van der Waals surface area contributed by atoms with Crippen molar-refractivity contribution in [1.82, 2.24) is 0 Å². The Bertz CT molecular complexity index is 42.0. The molecule has 0 aliphatic carbocycles. The van der Waals surface area contributed by atoms with E-state index in [2.05, 4.69) is 0 Å². The second kappa shape index (κ2) is 9.12. The van der Waals surface area contributed by atoms with Crippen molar-refractivity contribution in [1.29, 1.82) is 0 Å². The van der Waals surface area contributed by atoms with Crippen LogP contribution in [0, 0.1) is 10.1 Å². The van der Waals surface area contributed by atoms with Crippen molar-refractivity contribution in [2.45, 2.75) is 0 Å². The molecule has 0 heterocycles. The summed E-state index contributed by atoms with van der Waals surface area (Å²) in [5.74, 6) is 0. The first kappa shape index (κ1) is 16.0. The first-order valence-electron chi connectivity index (χ1n) is 0.565. The molecule has 4 nitrogen and oxygen atoms in total. The van der Waals surface area contributed by atoms with Crippen molar-refractivity contribution in [3.63, 3.8) is 0 Å². The van der Waals surface area contributed by atoms with Crippen molar-refractivity contribution in [3.05, 3.63) is 10.1 Å². The van der Waals surface area contributed by atoms with E-state index in [1.807, 2.05) is 0 Å². The van der Waals surface area contributed by atoms with Crippen molar-refractivity contribution in [3.8, 4) is 0 Å². The third kappa shape index (κ3) is 182. The van der Waals surface area contributed by atoms with Crippen molar-refractivity contribution in [2.24, 2.45) is 0 Å². The summed E-state index contributed by atoms with van der Waals surface area (Å²) in [6.07, 6.45) is 0. The minimum atomic E-state index is -1.50. The molecule has 0 atom stereocenters. The third-order valence-electron chi connectivity index (χ3n) is 0. The molecule has 30 valence electrons. The molecule has 0 radical (unpaired) electrons. The summed E-state index contributed by atoms with van der Waals surface area (Å²) in [6, 6.07) is 0. The largest absolute Gasteiger partial charge is 2.00 e. The van der Waals surface area contributed by atoms with Crippen molar-refractivity contribution in [2.75, 3.05) is 0 Å². The predicted molar refractivity (Wildman–Crippen MR) is 17.9 cm³/mol. The molecule has 6 heteroatoms. The van der Waals surface area contributed by atoms with Gasteiger partial charge in [0.25, 0.3) is 5.09 Å². The van der Waals surface area contributed by atoms with Crippen LogP contribution >= 0.6 is 0 Å². The van der Waals surface area contributed by atoms with E-state index >= 15 is 0 Å². The van der Waals surface area contributed by atoms with E-state index in [-0.39, 0.29) is 46.2 Å². The Morgan fingerprint density at radius 1 is 1.83 bits per heavy atom. The standard InChI is InChI=1S/Li.Mg.HNO3.3H/c;;2-1(3)4;;;/h;;(H,2,3,4);;;/q+1;+2;;3*-1. The molecule has 0 saturated carbocycles. The summed E-state index contributed by atoms with van der Waals surface area (Å²) >= 11 is 0. The van der Waals surface area contributed by atoms with Crippen LogP contribution in [0.3, 0.4) is 0 Å². The number of hydrogen-bond acceptors (Lipinski definition) is 2. The summed E-state index contributed by atoms with van der Waals surface area (Å²) in [6.45, 7) is 0. The summed E-state index contributed by atoms with van der Waals surface area (Å²) in [4.78, 5) is 8.36. The summed E-state index contributed by atoms with van der Waals surface area (Å²) in [7, 11) is 0. The summed E-state index contributed by atoms with van der Waals surface area (Å²) in [5, 5.41) is 13.6. The molecule has 0 aromatic heterocycles. The minimum absolute atomic E-state index is 0. The van der Waals surface area contributed by atoms with Crippen molar-refractivity contribution >= 4 is 23.1 Å². The van der Waals surface area contributed by atoms with Crippen LogP contribution in [0.15, 0.2) is 0 Å². The molecule has 0 rings (SSSR count). The molecule has 0 amide bonds. The quantitative estimate of drug-likeness (QED) is 0.195. The summed E-state index contributed by atoms with van der Waals surface area (Å²) < 4.78 is 0. The van der Waals surface area contributed by atoms with Crippen LogP contribution in [0.2, 0.25) is 0 Å². The van der Waals surface area contributed by atoms with E-state index in [0.717, 1.165) is 0 Å². The molecule has 0 fully saturated rings. The number of hydrogen-bond donors (Lipinski definition) is 1. The Balaban J connectivity index is -0.00000000450. The third-order valence-corrected chi connectivity index (χ3v) is 0. The Morgan fingerprint density at radius 3 is 1.83 bits per heavy atom. The van der Waals surface area contributed by atoms with E-state index in [4.69, 9.17) is 15.3 Å². The Kier molecular flexibility index (Phi) is 24.3. The molecule has 0 saturated heterocycles. The van der Waals surface area contributed by atoms with Crippen LogP contribution in [0.25, 0.3) is 0 Å². The molecule has 1 N–H and O–H groups in total. The zero-order chi connectivity index (χ0) is 3.58. The molecular weight excluding hydrogens is 93.2 g/mol. The van der Waals surface area contributed by atoms with E-state index in [9.17, 15) is 0 Å². The van der Waals surface area contributed by atoms with Crippen LogP contribution in [-0.2, 0) is 0 Å². The smallest absolute Gasteiger partial charge is 1.00 e. The van der Waals surface area contributed by atoms with Crippen LogP contribution < -0.4 is 18.9 Å². The fourth-order valence-corrected chi connectivity index (χ4v) is 0. The van der Waals surface area contributed by atoms with Gasteiger partial charge in [-0.1, -0.05) is 0 Å². The monoisotopic (exact) mass is 97.0 g/mol. The molecule has 0 aliphatic heterocycles. The first-order chi connectivity index (χ1) is 1.73. The maximum Gasteiger partial charge on any atom is 2.00 e. The van der Waals surface area contributed by atoms with Gasteiger partial charge in [0.05, 0.1) is 0 Å². The molecule has 0 aliphatic rings. The van der Waals surface area contributed by atoms with E-state index in [1.165, 1.54) is 0 Å². The van der Waals surface area contributed by atoms with Gasteiger partial charge in [-0.3, -0.25) is 0 Å². The minimum Gasteiger partial charge on any atom is -1.00 e. The van der Waals surface area contributed by atoms with E-state index in [0.29, 0.717) is 0 Å². The van der Waals surface area contributed by atoms with Gasteiger partial charge >= 0.3 is 41.9 Å². The molecule has 0 aromatic carbocycles.